The maximum Gasteiger partial charge on any atom is 0.188 e. The van der Waals surface area contributed by atoms with E-state index in [1.54, 1.807) is 18.2 Å². The second-order valence-electron chi connectivity index (χ2n) is 5.60. The number of carbonyl (C=O) groups excluding carboxylic acids is 1. The highest BCUT2D eigenvalue weighted by molar-refractivity contribution is 6.07. The number of nitrogens with one attached hydrogen (secondary N) is 1. The molecule has 0 saturated heterocycles. The van der Waals surface area contributed by atoms with E-state index in [1.807, 2.05) is 0 Å². The third-order valence-corrected chi connectivity index (χ3v) is 3.91. The van der Waals surface area contributed by atoms with Gasteiger partial charge in [-0.15, -0.1) is 0 Å². The molecule has 0 atom stereocenters. The van der Waals surface area contributed by atoms with Gasteiger partial charge in [-0.3, -0.25) is 9.89 Å². The van der Waals surface area contributed by atoms with Gasteiger partial charge in [-0.2, -0.15) is 5.10 Å². The predicted octanol–water partition coefficient (Wildman–Crippen LogP) is 4.27. The highest BCUT2D eigenvalue weighted by Crippen LogP contribution is 2.25. The molecule has 0 amide bonds. The minimum absolute atomic E-state index is 0.0759. The number of allylic oxidation sites excluding steroid dienone is 1. The number of benzene rings is 2. The molecule has 2 aromatic carbocycles. The number of aromatic amines is 1. The number of halogens is 2. The summed E-state index contributed by atoms with van der Waals surface area (Å²) in [6, 6.07) is 10.0. The molecule has 0 aliphatic rings. The van der Waals surface area contributed by atoms with E-state index in [2.05, 4.69) is 10.2 Å². The van der Waals surface area contributed by atoms with Gasteiger partial charge in [-0.25, -0.2) is 8.78 Å². The van der Waals surface area contributed by atoms with E-state index in [9.17, 15) is 13.6 Å². The normalized spacial score (nSPS) is 11.0. The summed E-state index contributed by atoms with van der Waals surface area (Å²) in [6.07, 6.45) is 2.66. The third kappa shape index (κ3) is 4.03. The number of ketones is 1. The highest BCUT2D eigenvalue weighted by Gasteiger charge is 2.12. The van der Waals surface area contributed by atoms with Crippen molar-refractivity contribution in [2.24, 2.45) is 0 Å². The first-order chi connectivity index (χ1) is 13.0. The Labute approximate surface area is 154 Å². The Morgan fingerprint density at radius 1 is 1.00 bits per heavy atom. The molecule has 0 fully saturated rings. The molecule has 5 nitrogen and oxygen atoms in total. The lowest BCUT2D eigenvalue weighted by Gasteiger charge is -2.02. The number of nitrogens with zero attached hydrogens (tertiary/aromatic N) is 1. The van der Waals surface area contributed by atoms with E-state index in [0.29, 0.717) is 28.5 Å². The summed E-state index contributed by atoms with van der Waals surface area (Å²) < 4.78 is 37.9. The molecule has 7 heteroatoms. The Hall–Kier alpha value is -3.48. The van der Waals surface area contributed by atoms with Gasteiger partial charge in [0.2, 0.25) is 0 Å². The van der Waals surface area contributed by atoms with E-state index in [1.165, 1.54) is 44.6 Å². The standard InChI is InChI=1S/C20H16F2N2O3/c1-26-13-4-6-15(17(21)10-13)19-9-12(23-24-19)3-8-20(25)16-7-5-14(27-2)11-18(16)22/h3-11H,1-2H3,(H,23,24)/b8-3+. The van der Waals surface area contributed by atoms with Crippen molar-refractivity contribution in [3.8, 4) is 22.8 Å². The van der Waals surface area contributed by atoms with Crippen LogP contribution in [-0.2, 0) is 0 Å². The second kappa shape index (κ2) is 7.82. The number of methoxy groups -OCH3 is 2. The average Bonchev–Trinajstić information content (AvgIpc) is 3.14. The predicted molar refractivity (Wildman–Crippen MR) is 96.9 cm³/mol. The minimum Gasteiger partial charge on any atom is -0.497 e. The molecule has 1 N–H and O–H groups in total. The molecule has 3 rings (SSSR count). The fraction of sp³-hybridized carbons (Fsp3) is 0.100. The molecular formula is C20H16F2N2O3. The van der Waals surface area contributed by atoms with Crippen molar-refractivity contribution in [1.29, 1.82) is 0 Å². The third-order valence-electron chi connectivity index (χ3n) is 3.91. The monoisotopic (exact) mass is 370 g/mol. The van der Waals surface area contributed by atoms with Crippen molar-refractivity contribution in [3.63, 3.8) is 0 Å². The van der Waals surface area contributed by atoms with Gasteiger partial charge in [0.1, 0.15) is 23.1 Å². The van der Waals surface area contributed by atoms with Gasteiger partial charge in [0.15, 0.2) is 5.78 Å². The minimum atomic E-state index is -0.672. The quantitative estimate of drug-likeness (QED) is 0.520. The van der Waals surface area contributed by atoms with E-state index in [0.717, 1.165) is 6.07 Å². The fourth-order valence-electron chi connectivity index (χ4n) is 2.47. The van der Waals surface area contributed by atoms with Crippen LogP contribution in [0.4, 0.5) is 8.78 Å². The van der Waals surface area contributed by atoms with Crippen molar-refractivity contribution < 1.29 is 23.0 Å². The topological polar surface area (TPSA) is 64.2 Å². The van der Waals surface area contributed by atoms with Crippen molar-refractivity contribution >= 4 is 11.9 Å². The molecule has 0 unspecified atom stereocenters. The van der Waals surface area contributed by atoms with Crippen LogP contribution in [-0.4, -0.2) is 30.2 Å². The molecule has 0 aliphatic heterocycles. The highest BCUT2D eigenvalue weighted by atomic mass is 19.1. The molecule has 1 aromatic heterocycles. The summed E-state index contributed by atoms with van der Waals surface area (Å²) in [5.41, 5.74) is 1.06. The van der Waals surface area contributed by atoms with Crippen LogP contribution in [0.1, 0.15) is 16.1 Å². The summed E-state index contributed by atoms with van der Waals surface area (Å²) in [5.74, 6) is -0.934. The Morgan fingerprint density at radius 3 is 2.30 bits per heavy atom. The van der Waals surface area contributed by atoms with Crippen LogP contribution in [0.5, 0.6) is 11.5 Å². The van der Waals surface area contributed by atoms with E-state index >= 15 is 0 Å². The average molecular weight is 370 g/mol. The van der Waals surface area contributed by atoms with Crippen LogP contribution < -0.4 is 9.47 Å². The molecule has 0 spiro atoms. The summed E-state index contributed by atoms with van der Waals surface area (Å²) in [4.78, 5) is 12.2. The lowest BCUT2D eigenvalue weighted by Crippen LogP contribution is -1.99. The number of aromatic nitrogens is 2. The maximum absolute atomic E-state index is 14.1. The lowest BCUT2D eigenvalue weighted by molar-refractivity contribution is 0.104. The summed E-state index contributed by atoms with van der Waals surface area (Å²) in [7, 11) is 2.87. The first kappa shape index (κ1) is 18.3. The number of hydrogen-bond donors (Lipinski definition) is 1. The Morgan fingerprint density at radius 2 is 1.67 bits per heavy atom. The van der Waals surface area contributed by atoms with Crippen molar-refractivity contribution in [1.82, 2.24) is 10.2 Å². The number of rotatable bonds is 6. The molecule has 0 bridgehead atoms. The van der Waals surface area contributed by atoms with Crippen LogP contribution in [0.2, 0.25) is 0 Å². The molecule has 3 aromatic rings. The zero-order chi connectivity index (χ0) is 19.4. The zero-order valence-corrected chi connectivity index (χ0v) is 14.6. The molecule has 1 heterocycles. The van der Waals surface area contributed by atoms with Gasteiger partial charge in [-0.05, 0) is 42.5 Å². The van der Waals surface area contributed by atoms with Crippen LogP contribution in [0.25, 0.3) is 17.3 Å². The van der Waals surface area contributed by atoms with Gasteiger partial charge in [-0.1, -0.05) is 0 Å². The summed E-state index contributed by atoms with van der Waals surface area (Å²) in [5, 5.41) is 6.73. The van der Waals surface area contributed by atoms with Crippen LogP contribution >= 0.6 is 0 Å². The lowest BCUT2D eigenvalue weighted by atomic mass is 10.1. The largest absolute Gasteiger partial charge is 0.497 e. The fourth-order valence-corrected chi connectivity index (χ4v) is 2.47. The van der Waals surface area contributed by atoms with Crippen LogP contribution in [0.15, 0.2) is 48.5 Å². The van der Waals surface area contributed by atoms with Crippen LogP contribution in [0.3, 0.4) is 0 Å². The van der Waals surface area contributed by atoms with Gasteiger partial charge >= 0.3 is 0 Å². The van der Waals surface area contributed by atoms with Gasteiger partial charge in [0.05, 0.1) is 31.2 Å². The Kier molecular flexibility index (Phi) is 5.30. The number of ether oxygens (including phenoxy) is 2. The second-order valence-corrected chi connectivity index (χ2v) is 5.60. The van der Waals surface area contributed by atoms with Crippen molar-refractivity contribution in [3.05, 3.63) is 71.4 Å². The number of hydrogen-bond acceptors (Lipinski definition) is 4. The van der Waals surface area contributed by atoms with E-state index < -0.39 is 17.4 Å². The van der Waals surface area contributed by atoms with Gasteiger partial charge in [0, 0.05) is 17.7 Å². The number of H-pyrrole nitrogens is 1. The maximum atomic E-state index is 14.1. The van der Waals surface area contributed by atoms with E-state index in [-0.39, 0.29) is 5.56 Å². The molecular weight excluding hydrogens is 354 g/mol. The van der Waals surface area contributed by atoms with E-state index in [4.69, 9.17) is 9.47 Å². The number of carbonyl (C=O) groups is 1. The summed E-state index contributed by atoms with van der Waals surface area (Å²) >= 11 is 0. The summed E-state index contributed by atoms with van der Waals surface area (Å²) in [6.45, 7) is 0. The SMILES string of the molecule is COc1ccc(C(=O)/C=C/c2cc(-c3ccc(OC)cc3F)n[nH]2)c(F)c1. The van der Waals surface area contributed by atoms with Crippen LogP contribution in [0, 0.1) is 11.6 Å². The molecule has 138 valence electrons. The molecule has 0 aliphatic carbocycles. The van der Waals surface area contributed by atoms with Crippen molar-refractivity contribution in [2.75, 3.05) is 14.2 Å². The molecule has 0 saturated carbocycles. The van der Waals surface area contributed by atoms with Gasteiger partial charge < -0.3 is 9.47 Å². The first-order valence-electron chi connectivity index (χ1n) is 7.97. The molecule has 27 heavy (non-hydrogen) atoms. The molecule has 0 radical (unpaired) electrons. The van der Waals surface area contributed by atoms with Crippen molar-refractivity contribution in [2.45, 2.75) is 0 Å². The first-order valence-corrected chi connectivity index (χ1v) is 7.97. The Balaban J connectivity index is 1.78. The smallest absolute Gasteiger partial charge is 0.188 e. The Bertz CT molecular complexity index is 1010. The van der Waals surface area contributed by atoms with Gasteiger partial charge in [0.25, 0.3) is 0 Å². The zero-order valence-electron chi connectivity index (χ0n) is 14.6.